The first kappa shape index (κ1) is 17.6. The zero-order valence-corrected chi connectivity index (χ0v) is 16.0. The quantitative estimate of drug-likeness (QED) is 0.873. The number of nitrogens with two attached hydrogens (primary N) is 2. The van der Waals surface area contributed by atoms with Crippen molar-refractivity contribution in [2.24, 2.45) is 21.5 Å². The molecule has 0 unspecified atom stereocenters. The van der Waals surface area contributed by atoms with Crippen LogP contribution in [-0.2, 0) is 0 Å². The first-order chi connectivity index (χ1) is 13.0. The van der Waals surface area contributed by atoms with Gasteiger partial charge < -0.3 is 16.0 Å². The summed E-state index contributed by atoms with van der Waals surface area (Å²) in [6.07, 6.45) is 9.16. The van der Waals surface area contributed by atoms with Gasteiger partial charge in [-0.05, 0) is 49.9 Å². The van der Waals surface area contributed by atoms with Crippen molar-refractivity contribution in [1.29, 1.82) is 0 Å². The lowest BCUT2D eigenvalue weighted by Gasteiger charge is -2.45. The van der Waals surface area contributed by atoms with Crippen LogP contribution in [0.1, 0.15) is 57.7 Å². The molecule has 2 aromatic rings. The maximum Gasteiger partial charge on any atom is 0.220 e. The molecule has 4 N–H and O–H groups in total. The molecule has 1 aromatic heterocycles. The van der Waals surface area contributed by atoms with Crippen LogP contribution in [0, 0.1) is 0 Å². The van der Waals surface area contributed by atoms with Crippen LogP contribution in [0.25, 0.3) is 5.69 Å². The van der Waals surface area contributed by atoms with Crippen molar-refractivity contribution in [2.45, 2.75) is 57.5 Å². The summed E-state index contributed by atoms with van der Waals surface area (Å²) in [7, 11) is 0. The van der Waals surface area contributed by atoms with E-state index in [-0.39, 0.29) is 5.96 Å². The smallest absolute Gasteiger partial charge is 0.220 e. The van der Waals surface area contributed by atoms with Crippen molar-refractivity contribution in [3.05, 3.63) is 42.5 Å². The van der Waals surface area contributed by atoms with Gasteiger partial charge in [-0.2, -0.15) is 4.99 Å². The fourth-order valence-electron chi connectivity index (χ4n) is 4.22. The topological polar surface area (TPSA) is 97.8 Å². The number of rotatable bonds is 3. The van der Waals surface area contributed by atoms with Gasteiger partial charge in [-0.3, -0.25) is 4.90 Å². The van der Waals surface area contributed by atoms with Crippen LogP contribution >= 0.6 is 0 Å². The van der Waals surface area contributed by atoms with Crippen LogP contribution in [0.3, 0.4) is 0 Å². The minimum Gasteiger partial charge on any atom is -0.369 e. The Bertz CT molecular complexity index is 870. The lowest BCUT2D eigenvalue weighted by molar-refractivity contribution is 0.305. The van der Waals surface area contributed by atoms with Gasteiger partial charge in [0.1, 0.15) is 11.5 Å². The lowest BCUT2D eigenvalue weighted by atomic mass is 9.87. The molecule has 1 fully saturated rings. The van der Waals surface area contributed by atoms with E-state index in [1.165, 1.54) is 6.42 Å². The van der Waals surface area contributed by atoms with Crippen molar-refractivity contribution >= 4 is 17.6 Å². The first-order valence-electron chi connectivity index (χ1n) is 9.63. The van der Waals surface area contributed by atoms with Crippen LogP contribution in [0.5, 0.6) is 0 Å². The molecule has 2 heterocycles. The summed E-state index contributed by atoms with van der Waals surface area (Å²) in [5, 5.41) is 0. The Morgan fingerprint density at radius 3 is 2.33 bits per heavy atom. The molecule has 7 heteroatoms. The van der Waals surface area contributed by atoms with E-state index in [1.54, 1.807) is 0 Å². The fraction of sp³-hybridized carbons (Fsp3) is 0.450. The zero-order chi connectivity index (χ0) is 19.0. The second kappa shape index (κ2) is 6.72. The molecule has 1 saturated carbocycles. The lowest BCUT2D eigenvalue weighted by Crippen LogP contribution is -2.58. The highest BCUT2D eigenvalue weighted by Crippen LogP contribution is 2.39. The molecule has 142 valence electrons. The van der Waals surface area contributed by atoms with E-state index < -0.39 is 5.66 Å². The summed E-state index contributed by atoms with van der Waals surface area (Å²) in [4.78, 5) is 15.5. The van der Waals surface area contributed by atoms with Gasteiger partial charge in [0.05, 0.1) is 0 Å². The second-order valence-electron chi connectivity index (χ2n) is 7.65. The Morgan fingerprint density at radius 2 is 1.67 bits per heavy atom. The minimum absolute atomic E-state index is 0.280. The predicted octanol–water partition coefficient (Wildman–Crippen LogP) is 3.11. The summed E-state index contributed by atoms with van der Waals surface area (Å²) >= 11 is 0. The molecule has 7 nitrogen and oxygen atoms in total. The largest absolute Gasteiger partial charge is 0.369 e. The van der Waals surface area contributed by atoms with Crippen LogP contribution in [0.2, 0.25) is 0 Å². The third-order valence-corrected chi connectivity index (χ3v) is 5.42. The first-order valence-corrected chi connectivity index (χ1v) is 9.63. The molecule has 1 aliphatic carbocycles. The Balaban J connectivity index is 1.70. The van der Waals surface area contributed by atoms with Crippen LogP contribution in [-0.4, -0.2) is 27.1 Å². The monoisotopic (exact) mass is 365 g/mol. The van der Waals surface area contributed by atoms with Crippen molar-refractivity contribution in [1.82, 2.24) is 9.55 Å². The Morgan fingerprint density at radius 1 is 1.00 bits per heavy atom. The molecule has 4 rings (SSSR count). The predicted molar refractivity (Wildman–Crippen MR) is 109 cm³/mol. The number of hydrogen-bond donors (Lipinski definition) is 2. The van der Waals surface area contributed by atoms with E-state index in [9.17, 15) is 0 Å². The highest BCUT2D eigenvalue weighted by atomic mass is 15.4. The van der Waals surface area contributed by atoms with Gasteiger partial charge in [-0.15, -0.1) is 0 Å². The van der Waals surface area contributed by atoms with Gasteiger partial charge in [-0.25, -0.2) is 9.98 Å². The number of aliphatic imine (C=N–C) groups is 2. The summed E-state index contributed by atoms with van der Waals surface area (Å²) in [6, 6.07) is 8.34. The molecule has 2 aliphatic rings. The summed E-state index contributed by atoms with van der Waals surface area (Å²) < 4.78 is 2.12. The van der Waals surface area contributed by atoms with Crippen molar-refractivity contribution in [2.75, 3.05) is 4.90 Å². The average molecular weight is 365 g/mol. The SMILES string of the molecule is CC(C)c1nccn1-c1ccc(N2C(N)=NC(N)=NC23CCCCC3)cc1. The van der Waals surface area contributed by atoms with E-state index in [0.717, 1.165) is 42.9 Å². The third kappa shape index (κ3) is 3.07. The van der Waals surface area contributed by atoms with Gasteiger partial charge in [0.25, 0.3) is 0 Å². The normalized spacial score (nSPS) is 19.3. The van der Waals surface area contributed by atoms with Gasteiger partial charge in [0, 0.05) is 29.7 Å². The van der Waals surface area contributed by atoms with E-state index in [4.69, 9.17) is 16.5 Å². The number of anilines is 1. The van der Waals surface area contributed by atoms with Gasteiger partial charge in [0.15, 0.2) is 0 Å². The number of aromatic nitrogens is 2. The minimum atomic E-state index is -0.409. The molecule has 0 atom stereocenters. The van der Waals surface area contributed by atoms with Crippen LogP contribution in [0.15, 0.2) is 46.6 Å². The number of nitrogens with zero attached hydrogens (tertiary/aromatic N) is 5. The summed E-state index contributed by atoms with van der Waals surface area (Å²) in [6.45, 7) is 4.29. The van der Waals surface area contributed by atoms with Crippen LogP contribution in [0.4, 0.5) is 5.69 Å². The third-order valence-electron chi connectivity index (χ3n) is 5.42. The van der Waals surface area contributed by atoms with Crippen LogP contribution < -0.4 is 16.4 Å². The summed E-state index contributed by atoms with van der Waals surface area (Å²) in [5.41, 5.74) is 13.9. The van der Waals surface area contributed by atoms with Gasteiger partial charge >= 0.3 is 0 Å². The molecule has 1 spiro atoms. The molecule has 0 bridgehead atoms. The van der Waals surface area contributed by atoms with E-state index in [0.29, 0.717) is 11.9 Å². The van der Waals surface area contributed by atoms with E-state index >= 15 is 0 Å². The van der Waals surface area contributed by atoms with E-state index in [1.807, 2.05) is 12.4 Å². The number of benzene rings is 1. The highest BCUT2D eigenvalue weighted by Gasteiger charge is 2.42. The molecule has 0 amide bonds. The van der Waals surface area contributed by atoms with Crippen molar-refractivity contribution in [3.63, 3.8) is 0 Å². The average Bonchev–Trinajstić information content (AvgIpc) is 3.12. The Labute approximate surface area is 159 Å². The number of hydrogen-bond acceptors (Lipinski definition) is 6. The van der Waals surface area contributed by atoms with Gasteiger partial charge in [0.2, 0.25) is 11.9 Å². The van der Waals surface area contributed by atoms with Crippen molar-refractivity contribution in [3.8, 4) is 5.69 Å². The molecular formula is C20H27N7. The second-order valence-corrected chi connectivity index (χ2v) is 7.65. The zero-order valence-electron chi connectivity index (χ0n) is 16.0. The maximum absolute atomic E-state index is 6.30. The Kier molecular flexibility index (Phi) is 4.37. The number of imidazole rings is 1. The molecule has 27 heavy (non-hydrogen) atoms. The molecular weight excluding hydrogens is 338 g/mol. The maximum atomic E-state index is 6.30. The highest BCUT2D eigenvalue weighted by molar-refractivity contribution is 6.05. The van der Waals surface area contributed by atoms with E-state index in [2.05, 4.69) is 57.6 Å². The molecule has 1 aliphatic heterocycles. The van der Waals surface area contributed by atoms with Gasteiger partial charge in [-0.1, -0.05) is 20.3 Å². The number of guanidine groups is 2. The molecule has 0 saturated heterocycles. The van der Waals surface area contributed by atoms with Crippen molar-refractivity contribution < 1.29 is 0 Å². The molecule has 1 aromatic carbocycles. The summed E-state index contributed by atoms with van der Waals surface area (Å²) in [5.74, 6) is 2.10. The Hall–Kier alpha value is -2.83. The molecule has 0 radical (unpaired) electrons. The standard InChI is InChI=1S/C20H27N7/c1-14(2)17-23-12-13-26(17)15-6-8-16(9-7-15)27-19(22)24-18(21)25-20(27)10-4-3-5-11-20/h6-9,12-14H,3-5,10-11H2,1-2H3,(H4,21,22,24,25). The fourth-order valence-corrected chi connectivity index (χ4v) is 4.22.